The third-order valence-corrected chi connectivity index (χ3v) is 4.96. The molecule has 1 aliphatic heterocycles. The van der Waals surface area contributed by atoms with Gasteiger partial charge in [-0.2, -0.15) is 0 Å². The van der Waals surface area contributed by atoms with Crippen LogP contribution in [-0.2, 0) is 0 Å². The van der Waals surface area contributed by atoms with Crippen LogP contribution in [0.3, 0.4) is 0 Å². The molecule has 0 bridgehead atoms. The quantitative estimate of drug-likeness (QED) is 0.845. The highest BCUT2D eigenvalue weighted by atomic mass is 35.5. The van der Waals surface area contributed by atoms with Crippen LogP contribution in [0, 0.1) is 5.92 Å². The zero-order chi connectivity index (χ0) is 17.1. The van der Waals surface area contributed by atoms with Crippen molar-refractivity contribution in [3.63, 3.8) is 0 Å². The van der Waals surface area contributed by atoms with Gasteiger partial charge in [-0.05, 0) is 43.0 Å². The molecule has 1 fully saturated rings. The SMILES string of the molecule is CC1CCN(c2ccnc(C(=O)Nc3c(Cl)cccc3Cl)c2)CC1. The first-order valence-electron chi connectivity index (χ1n) is 8.01. The number of para-hydroxylation sites is 1. The molecule has 1 saturated heterocycles. The van der Waals surface area contributed by atoms with Crippen molar-refractivity contribution in [2.24, 2.45) is 5.92 Å². The van der Waals surface area contributed by atoms with Gasteiger partial charge in [0.1, 0.15) is 5.69 Å². The van der Waals surface area contributed by atoms with E-state index in [4.69, 9.17) is 23.2 Å². The summed E-state index contributed by atoms with van der Waals surface area (Å²) >= 11 is 12.2. The van der Waals surface area contributed by atoms with Gasteiger partial charge < -0.3 is 10.2 Å². The molecule has 1 aliphatic rings. The van der Waals surface area contributed by atoms with E-state index in [-0.39, 0.29) is 5.91 Å². The number of carbonyl (C=O) groups excluding carboxylic acids is 1. The summed E-state index contributed by atoms with van der Waals surface area (Å²) in [4.78, 5) is 19.0. The van der Waals surface area contributed by atoms with Crippen LogP contribution in [0.25, 0.3) is 0 Å². The van der Waals surface area contributed by atoms with Crippen molar-refractivity contribution in [1.29, 1.82) is 0 Å². The van der Waals surface area contributed by atoms with Crippen LogP contribution in [-0.4, -0.2) is 24.0 Å². The predicted molar refractivity (Wildman–Crippen MR) is 99.3 cm³/mol. The average Bonchev–Trinajstić information content (AvgIpc) is 2.59. The molecule has 3 rings (SSSR count). The number of halogens is 2. The molecule has 24 heavy (non-hydrogen) atoms. The largest absolute Gasteiger partial charge is 0.371 e. The number of anilines is 2. The molecule has 126 valence electrons. The number of aromatic nitrogens is 1. The van der Waals surface area contributed by atoms with Crippen molar-refractivity contribution in [3.05, 3.63) is 52.3 Å². The van der Waals surface area contributed by atoms with E-state index in [1.165, 1.54) is 12.8 Å². The lowest BCUT2D eigenvalue weighted by molar-refractivity contribution is 0.102. The number of rotatable bonds is 3. The summed E-state index contributed by atoms with van der Waals surface area (Å²) in [5.41, 5.74) is 1.78. The zero-order valence-electron chi connectivity index (χ0n) is 13.4. The minimum absolute atomic E-state index is 0.322. The molecule has 1 N–H and O–H groups in total. The molecule has 0 atom stereocenters. The number of pyridine rings is 1. The molecule has 1 amide bonds. The van der Waals surface area contributed by atoms with Crippen LogP contribution >= 0.6 is 23.2 Å². The van der Waals surface area contributed by atoms with Gasteiger partial charge in [0.25, 0.3) is 5.91 Å². The molecule has 0 saturated carbocycles. The molecule has 6 heteroatoms. The fourth-order valence-corrected chi connectivity index (χ4v) is 3.29. The molecule has 0 aliphatic carbocycles. The van der Waals surface area contributed by atoms with Gasteiger partial charge in [-0.3, -0.25) is 9.78 Å². The molecular weight excluding hydrogens is 345 g/mol. The molecule has 0 unspecified atom stereocenters. The van der Waals surface area contributed by atoms with E-state index in [1.54, 1.807) is 24.4 Å². The molecule has 2 heterocycles. The van der Waals surface area contributed by atoms with Crippen molar-refractivity contribution >= 4 is 40.5 Å². The van der Waals surface area contributed by atoms with E-state index in [2.05, 4.69) is 22.1 Å². The molecule has 4 nitrogen and oxygen atoms in total. The van der Waals surface area contributed by atoms with Gasteiger partial charge >= 0.3 is 0 Å². The Kier molecular flexibility index (Phi) is 5.27. The van der Waals surface area contributed by atoms with Crippen LogP contribution in [0.4, 0.5) is 11.4 Å². The van der Waals surface area contributed by atoms with Gasteiger partial charge in [0, 0.05) is 25.0 Å². The number of hydrogen-bond acceptors (Lipinski definition) is 3. The summed E-state index contributed by atoms with van der Waals surface area (Å²) in [5.74, 6) is 0.436. The minimum Gasteiger partial charge on any atom is -0.371 e. The molecule has 1 aromatic carbocycles. The standard InChI is InChI=1S/C18H19Cl2N3O/c1-12-6-9-23(10-7-12)13-5-8-21-16(11-13)18(24)22-17-14(19)3-2-4-15(17)20/h2-5,8,11-12H,6-7,9-10H2,1H3,(H,22,24). The van der Waals surface area contributed by atoms with E-state index in [9.17, 15) is 4.79 Å². The monoisotopic (exact) mass is 363 g/mol. The fraction of sp³-hybridized carbons (Fsp3) is 0.333. The summed E-state index contributed by atoms with van der Waals surface area (Å²) in [5, 5.41) is 3.55. The second-order valence-electron chi connectivity index (χ2n) is 6.12. The summed E-state index contributed by atoms with van der Waals surface area (Å²) in [6.45, 7) is 4.28. The Balaban J connectivity index is 1.77. The molecule has 0 radical (unpaired) electrons. The second-order valence-corrected chi connectivity index (χ2v) is 6.93. The maximum atomic E-state index is 12.5. The number of nitrogens with zero attached hydrogens (tertiary/aromatic N) is 2. The maximum absolute atomic E-state index is 12.5. The number of hydrogen-bond donors (Lipinski definition) is 1. The van der Waals surface area contributed by atoms with Crippen LogP contribution in [0.5, 0.6) is 0 Å². The highest BCUT2D eigenvalue weighted by Gasteiger charge is 2.18. The van der Waals surface area contributed by atoms with Crippen molar-refractivity contribution in [1.82, 2.24) is 4.98 Å². The van der Waals surface area contributed by atoms with Crippen LogP contribution in [0.1, 0.15) is 30.3 Å². The highest BCUT2D eigenvalue weighted by molar-refractivity contribution is 6.40. The van der Waals surface area contributed by atoms with E-state index >= 15 is 0 Å². The number of nitrogens with one attached hydrogen (secondary N) is 1. The summed E-state index contributed by atoms with van der Waals surface area (Å²) in [6.07, 6.45) is 3.99. The van der Waals surface area contributed by atoms with Crippen molar-refractivity contribution in [2.75, 3.05) is 23.3 Å². The Morgan fingerprint density at radius 3 is 2.54 bits per heavy atom. The Morgan fingerprint density at radius 2 is 1.88 bits per heavy atom. The zero-order valence-corrected chi connectivity index (χ0v) is 14.9. The van der Waals surface area contributed by atoms with Gasteiger partial charge in [-0.25, -0.2) is 0 Å². The van der Waals surface area contributed by atoms with E-state index in [0.717, 1.165) is 24.7 Å². The average molecular weight is 364 g/mol. The molecule has 1 aromatic heterocycles. The second kappa shape index (κ2) is 7.41. The molecular formula is C18H19Cl2N3O. The van der Waals surface area contributed by atoms with Crippen molar-refractivity contribution in [2.45, 2.75) is 19.8 Å². The van der Waals surface area contributed by atoms with E-state index in [1.807, 2.05) is 12.1 Å². The smallest absolute Gasteiger partial charge is 0.274 e. The van der Waals surface area contributed by atoms with Crippen LogP contribution in [0.2, 0.25) is 10.0 Å². The lowest BCUT2D eigenvalue weighted by Gasteiger charge is -2.32. The van der Waals surface area contributed by atoms with Gasteiger partial charge in [0.05, 0.1) is 15.7 Å². The first kappa shape index (κ1) is 17.1. The Hall–Kier alpha value is -1.78. The summed E-state index contributed by atoms with van der Waals surface area (Å²) < 4.78 is 0. The Bertz CT molecular complexity index is 723. The van der Waals surface area contributed by atoms with Gasteiger partial charge in [0.2, 0.25) is 0 Å². The lowest BCUT2D eigenvalue weighted by Crippen LogP contribution is -2.33. The molecule has 2 aromatic rings. The topological polar surface area (TPSA) is 45.2 Å². The molecule has 0 spiro atoms. The minimum atomic E-state index is -0.322. The van der Waals surface area contributed by atoms with E-state index in [0.29, 0.717) is 21.4 Å². The highest BCUT2D eigenvalue weighted by Crippen LogP contribution is 2.30. The lowest BCUT2D eigenvalue weighted by atomic mass is 9.99. The van der Waals surface area contributed by atoms with Gasteiger partial charge in [-0.1, -0.05) is 36.2 Å². The predicted octanol–water partition coefficient (Wildman–Crippen LogP) is 4.88. The fourth-order valence-electron chi connectivity index (χ4n) is 2.80. The van der Waals surface area contributed by atoms with Crippen LogP contribution in [0.15, 0.2) is 36.5 Å². The third kappa shape index (κ3) is 3.82. The van der Waals surface area contributed by atoms with Gasteiger partial charge in [-0.15, -0.1) is 0 Å². The number of amides is 1. The number of benzene rings is 1. The number of piperidine rings is 1. The third-order valence-electron chi connectivity index (χ3n) is 4.33. The summed E-state index contributed by atoms with van der Waals surface area (Å²) in [7, 11) is 0. The Morgan fingerprint density at radius 1 is 1.21 bits per heavy atom. The normalized spacial score (nSPS) is 15.4. The maximum Gasteiger partial charge on any atom is 0.274 e. The van der Waals surface area contributed by atoms with Gasteiger partial charge in [0.15, 0.2) is 0 Å². The summed E-state index contributed by atoms with van der Waals surface area (Å²) in [6, 6.07) is 8.85. The first-order valence-corrected chi connectivity index (χ1v) is 8.76. The van der Waals surface area contributed by atoms with E-state index < -0.39 is 0 Å². The van der Waals surface area contributed by atoms with Crippen molar-refractivity contribution in [3.8, 4) is 0 Å². The Labute approximate surface area is 151 Å². The number of carbonyl (C=O) groups is 1. The van der Waals surface area contributed by atoms with Crippen LogP contribution < -0.4 is 10.2 Å². The van der Waals surface area contributed by atoms with Crippen molar-refractivity contribution < 1.29 is 4.79 Å². The first-order chi connectivity index (χ1) is 11.5.